The highest BCUT2D eigenvalue weighted by Gasteiger charge is 2.44. The third-order valence-corrected chi connectivity index (χ3v) is 4.62. The number of aryl methyl sites for hydroxylation is 1. The molecule has 7 nitrogen and oxygen atoms in total. The Morgan fingerprint density at radius 2 is 2.23 bits per heavy atom. The van der Waals surface area contributed by atoms with Crippen molar-refractivity contribution in [2.75, 3.05) is 13.1 Å². The summed E-state index contributed by atoms with van der Waals surface area (Å²) in [6.45, 7) is 0.394. The Kier molecular flexibility index (Phi) is 4.02. The molecule has 0 spiro atoms. The van der Waals surface area contributed by atoms with Gasteiger partial charge in [-0.3, -0.25) is 9.78 Å². The maximum absolute atomic E-state index is 15.6. The van der Waals surface area contributed by atoms with Crippen molar-refractivity contribution in [2.45, 2.75) is 18.5 Å². The van der Waals surface area contributed by atoms with Gasteiger partial charge in [-0.1, -0.05) is 5.16 Å². The Morgan fingerprint density at radius 1 is 1.35 bits per heavy atom. The molecule has 0 saturated carbocycles. The van der Waals surface area contributed by atoms with Gasteiger partial charge in [0.1, 0.15) is 5.69 Å². The van der Waals surface area contributed by atoms with Gasteiger partial charge in [-0.2, -0.15) is 4.98 Å². The van der Waals surface area contributed by atoms with Crippen molar-refractivity contribution >= 4 is 5.91 Å². The Morgan fingerprint density at radius 3 is 2.96 bits per heavy atom. The highest BCUT2D eigenvalue weighted by molar-refractivity contribution is 5.92. The van der Waals surface area contributed by atoms with Crippen molar-refractivity contribution in [3.8, 4) is 11.4 Å². The molecule has 0 aliphatic carbocycles. The van der Waals surface area contributed by atoms with E-state index in [1.165, 1.54) is 4.90 Å². The molecule has 134 valence electrons. The predicted octanol–water partition coefficient (Wildman–Crippen LogP) is 2.57. The van der Waals surface area contributed by atoms with Gasteiger partial charge < -0.3 is 14.0 Å². The lowest BCUT2D eigenvalue weighted by Crippen LogP contribution is -2.47. The second kappa shape index (κ2) is 6.36. The first kappa shape index (κ1) is 16.4. The minimum atomic E-state index is -1.85. The van der Waals surface area contributed by atoms with Gasteiger partial charge in [0.05, 0.1) is 6.54 Å². The maximum Gasteiger partial charge on any atom is 0.270 e. The summed E-state index contributed by atoms with van der Waals surface area (Å²) in [5.41, 5.74) is -0.679. The number of likely N-dealkylation sites (tertiary alicyclic amines) is 1. The second-order valence-corrected chi connectivity index (χ2v) is 6.46. The van der Waals surface area contributed by atoms with Crippen LogP contribution in [0.25, 0.3) is 11.4 Å². The number of amides is 1. The average molecular weight is 355 g/mol. The van der Waals surface area contributed by atoms with Crippen molar-refractivity contribution in [3.63, 3.8) is 0 Å². The van der Waals surface area contributed by atoms with Crippen LogP contribution in [0, 0.1) is 0 Å². The molecular formula is C18H18FN5O2. The number of carbonyl (C=O) groups excluding carboxylic acids is 1. The quantitative estimate of drug-likeness (QED) is 0.722. The lowest BCUT2D eigenvalue weighted by atomic mass is 9.94. The largest absolute Gasteiger partial charge is 0.347 e. The topological polar surface area (TPSA) is 77.1 Å². The molecule has 3 aromatic rings. The smallest absolute Gasteiger partial charge is 0.270 e. The summed E-state index contributed by atoms with van der Waals surface area (Å²) in [5.74, 6) is -0.0111. The molecule has 1 aliphatic rings. The van der Waals surface area contributed by atoms with E-state index in [-0.39, 0.29) is 30.6 Å². The number of halogens is 1. The standard InChI is InChI=1S/C18H18FN5O2/c1-23-9-3-6-14(23)16(25)24-10-4-7-18(19,12-24)17-21-15(22-26-17)13-5-2-8-20-11-13/h2-3,5-6,8-9,11H,4,7,10,12H2,1H3. The van der Waals surface area contributed by atoms with Crippen molar-refractivity contribution in [1.82, 2.24) is 24.6 Å². The van der Waals surface area contributed by atoms with E-state index in [9.17, 15) is 4.79 Å². The zero-order valence-electron chi connectivity index (χ0n) is 14.3. The number of alkyl halides is 1. The third-order valence-electron chi connectivity index (χ3n) is 4.62. The summed E-state index contributed by atoms with van der Waals surface area (Å²) >= 11 is 0. The van der Waals surface area contributed by atoms with E-state index >= 15 is 4.39 Å². The van der Waals surface area contributed by atoms with Gasteiger partial charge in [0, 0.05) is 37.7 Å². The van der Waals surface area contributed by atoms with Gasteiger partial charge in [-0.25, -0.2) is 4.39 Å². The molecular weight excluding hydrogens is 337 g/mol. The van der Waals surface area contributed by atoms with E-state index in [1.54, 1.807) is 54.5 Å². The van der Waals surface area contributed by atoms with Crippen LogP contribution < -0.4 is 0 Å². The number of hydrogen-bond donors (Lipinski definition) is 0. The molecule has 0 bridgehead atoms. The van der Waals surface area contributed by atoms with Crippen molar-refractivity contribution < 1.29 is 13.7 Å². The first-order chi connectivity index (χ1) is 12.6. The first-order valence-electron chi connectivity index (χ1n) is 8.41. The fraction of sp³-hybridized carbons (Fsp3) is 0.333. The molecule has 0 N–H and O–H groups in total. The minimum Gasteiger partial charge on any atom is -0.347 e. The lowest BCUT2D eigenvalue weighted by Gasteiger charge is -2.35. The van der Waals surface area contributed by atoms with Crippen LogP contribution in [0.15, 0.2) is 47.4 Å². The molecule has 0 radical (unpaired) electrons. The number of aromatic nitrogens is 4. The first-order valence-corrected chi connectivity index (χ1v) is 8.41. The van der Waals surface area contributed by atoms with E-state index in [1.807, 2.05) is 0 Å². The van der Waals surface area contributed by atoms with Crippen LogP contribution in [0.1, 0.15) is 29.2 Å². The Labute approximate surface area is 149 Å². The van der Waals surface area contributed by atoms with Crippen LogP contribution in [0.2, 0.25) is 0 Å². The Bertz CT molecular complexity index is 923. The van der Waals surface area contributed by atoms with E-state index in [0.717, 1.165) is 0 Å². The highest BCUT2D eigenvalue weighted by atomic mass is 19.1. The van der Waals surface area contributed by atoms with E-state index in [0.29, 0.717) is 24.2 Å². The molecule has 1 atom stereocenters. The molecule has 1 saturated heterocycles. The van der Waals surface area contributed by atoms with Crippen LogP contribution in [-0.2, 0) is 12.7 Å². The minimum absolute atomic E-state index is 0.0965. The number of carbonyl (C=O) groups is 1. The van der Waals surface area contributed by atoms with Crippen LogP contribution >= 0.6 is 0 Å². The van der Waals surface area contributed by atoms with Gasteiger partial charge in [0.2, 0.25) is 11.5 Å². The molecule has 1 aliphatic heterocycles. The van der Waals surface area contributed by atoms with Gasteiger partial charge in [0.15, 0.2) is 0 Å². The molecule has 0 aromatic carbocycles. The number of hydrogen-bond acceptors (Lipinski definition) is 5. The lowest BCUT2D eigenvalue weighted by molar-refractivity contribution is 0.0147. The summed E-state index contributed by atoms with van der Waals surface area (Å²) in [7, 11) is 1.79. The summed E-state index contributed by atoms with van der Waals surface area (Å²) in [4.78, 5) is 22.4. The van der Waals surface area contributed by atoms with Gasteiger partial charge in [0.25, 0.3) is 11.8 Å². The Hall–Kier alpha value is -3.03. The summed E-state index contributed by atoms with van der Waals surface area (Å²) < 4.78 is 22.5. The average Bonchev–Trinajstić information content (AvgIpc) is 3.31. The second-order valence-electron chi connectivity index (χ2n) is 6.46. The van der Waals surface area contributed by atoms with Gasteiger partial charge in [-0.05, 0) is 37.1 Å². The van der Waals surface area contributed by atoms with E-state index < -0.39 is 5.67 Å². The maximum atomic E-state index is 15.6. The fourth-order valence-electron chi connectivity index (χ4n) is 3.22. The van der Waals surface area contributed by atoms with Crippen LogP contribution in [0.5, 0.6) is 0 Å². The number of rotatable bonds is 3. The van der Waals surface area contributed by atoms with Crippen LogP contribution in [0.4, 0.5) is 4.39 Å². The van der Waals surface area contributed by atoms with Crippen molar-refractivity contribution in [3.05, 3.63) is 54.4 Å². The normalized spacial score (nSPS) is 20.3. The van der Waals surface area contributed by atoms with Crippen LogP contribution in [-0.4, -0.2) is 43.6 Å². The molecule has 1 unspecified atom stereocenters. The SMILES string of the molecule is Cn1cccc1C(=O)N1CCCC(F)(c2nc(-c3cccnc3)no2)C1. The van der Waals surface area contributed by atoms with E-state index in [2.05, 4.69) is 15.1 Å². The number of piperidine rings is 1. The van der Waals surface area contributed by atoms with Gasteiger partial charge >= 0.3 is 0 Å². The third kappa shape index (κ3) is 2.87. The highest BCUT2D eigenvalue weighted by Crippen LogP contribution is 2.36. The Balaban J connectivity index is 1.57. The molecule has 8 heteroatoms. The van der Waals surface area contributed by atoms with Crippen LogP contribution in [0.3, 0.4) is 0 Å². The molecule has 26 heavy (non-hydrogen) atoms. The zero-order valence-corrected chi connectivity index (χ0v) is 14.3. The van der Waals surface area contributed by atoms with E-state index in [4.69, 9.17) is 4.52 Å². The molecule has 4 heterocycles. The molecule has 1 fully saturated rings. The molecule has 1 amide bonds. The summed E-state index contributed by atoms with van der Waals surface area (Å²) in [5, 5.41) is 3.87. The number of nitrogens with zero attached hydrogens (tertiary/aromatic N) is 5. The number of pyridine rings is 1. The summed E-state index contributed by atoms with van der Waals surface area (Å²) in [6.07, 6.45) is 5.77. The van der Waals surface area contributed by atoms with Gasteiger partial charge in [-0.15, -0.1) is 0 Å². The summed E-state index contributed by atoms with van der Waals surface area (Å²) in [6, 6.07) is 7.04. The monoisotopic (exact) mass is 355 g/mol. The molecule has 3 aromatic heterocycles. The zero-order chi connectivity index (χ0) is 18.1. The fourth-order valence-corrected chi connectivity index (χ4v) is 3.22. The van der Waals surface area contributed by atoms with Crippen molar-refractivity contribution in [2.24, 2.45) is 7.05 Å². The predicted molar refractivity (Wildman–Crippen MR) is 90.9 cm³/mol. The molecule has 4 rings (SSSR count). The van der Waals surface area contributed by atoms with Crippen molar-refractivity contribution in [1.29, 1.82) is 0 Å².